The molecule has 152 valence electrons. The van der Waals surface area contributed by atoms with E-state index < -0.39 is 0 Å². The van der Waals surface area contributed by atoms with Crippen LogP contribution >= 0.6 is 0 Å². The van der Waals surface area contributed by atoms with Gasteiger partial charge in [-0.15, -0.1) is 0 Å². The maximum Gasteiger partial charge on any atom is 0.266 e. The van der Waals surface area contributed by atoms with Crippen molar-refractivity contribution in [1.82, 2.24) is 0 Å². The zero-order valence-corrected chi connectivity index (χ0v) is 17.5. The molecule has 1 fully saturated rings. The van der Waals surface area contributed by atoms with Gasteiger partial charge in [0.1, 0.15) is 11.5 Å². The number of nitrogens with zero attached hydrogens (tertiary/aromatic N) is 1. The smallest absolute Gasteiger partial charge is 0.266 e. The van der Waals surface area contributed by atoms with Gasteiger partial charge in [0.15, 0.2) is 0 Å². The molecular formula is C26H25NO3. The standard InChI is InChI=1S/C26H25NO3/c1-6-8-22-23(9-7-2)25(29)27(24(22)28)19-12-16-21(17-13-19)30-20-14-10-18(11-15-20)26(3,4)5/h6-17H,1-2H2,3-5H3/b22-8+,23-9+. The second-order valence-electron chi connectivity index (χ2n) is 7.95. The SMILES string of the molecule is C=C/C=C1/C(=O)N(c2ccc(Oc3ccc(C(C)(C)C)cc3)cc2)C(=O)/C1=C/C=C. The summed E-state index contributed by atoms with van der Waals surface area (Å²) >= 11 is 0. The van der Waals surface area contributed by atoms with E-state index in [-0.39, 0.29) is 17.2 Å². The van der Waals surface area contributed by atoms with Crippen molar-refractivity contribution >= 4 is 17.5 Å². The fraction of sp³-hybridized carbons (Fsp3) is 0.154. The first-order chi connectivity index (χ1) is 14.3. The number of carbonyl (C=O) groups is 2. The van der Waals surface area contributed by atoms with Gasteiger partial charge in [0, 0.05) is 0 Å². The second kappa shape index (κ2) is 8.37. The second-order valence-corrected chi connectivity index (χ2v) is 7.95. The minimum Gasteiger partial charge on any atom is -0.457 e. The third-order valence-electron chi connectivity index (χ3n) is 4.78. The molecule has 0 bridgehead atoms. The van der Waals surface area contributed by atoms with Crippen molar-refractivity contribution in [2.45, 2.75) is 26.2 Å². The van der Waals surface area contributed by atoms with Crippen LogP contribution in [0.3, 0.4) is 0 Å². The summed E-state index contributed by atoms with van der Waals surface area (Å²) in [6.07, 6.45) is 6.05. The number of hydrogen-bond donors (Lipinski definition) is 0. The van der Waals surface area contributed by atoms with Gasteiger partial charge in [0.25, 0.3) is 11.8 Å². The van der Waals surface area contributed by atoms with E-state index in [1.54, 1.807) is 24.3 Å². The topological polar surface area (TPSA) is 46.6 Å². The van der Waals surface area contributed by atoms with Gasteiger partial charge in [-0.3, -0.25) is 9.59 Å². The first-order valence-electron chi connectivity index (χ1n) is 9.69. The fourth-order valence-electron chi connectivity index (χ4n) is 3.18. The molecule has 0 aromatic heterocycles. The third-order valence-corrected chi connectivity index (χ3v) is 4.78. The number of rotatable bonds is 5. The quantitative estimate of drug-likeness (QED) is 0.466. The summed E-state index contributed by atoms with van der Waals surface area (Å²) in [4.78, 5) is 26.7. The Hall–Kier alpha value is -3.66. The normalized spacial score (nSPS) is 17.0. The number of imide groups is 1. The molecule has 1 aliphatic heterocycles. The Morgan fingerprint density at radius 1 is 0.767 bits per heavy atom. The molecule has 1 heterocycles. The molecule has 1 aliphatic rings. The number of hydrogen-bond acceptors (Lipinski definition) is 3. The van der Waals surface area contributed by atoms with Crippen LogP contribution in [0.15, 0.2) is 97.1 Å². The zero-order chi connectivity index (χ0) is 21.9. The summed E-state index contributed by atoms with van der Waals surface area (Å²) in [5.74, 6) is 0.556. The summed E-state index contributed by atoms with van der Waals surface area (Å²) in [5.41, 5.74) is 2.38. The highest BCUT2D eigenvalue weighted by Crippen LogP contribution is 2.32. The highest BCUT2D eigenvalue weighted by molar-refractivity contribution is 6.37. The number of ether oxygens (including phenoxy) is 1. The minimum absolute atomic E-state index is 0.0762. The lowest BCUT2D eigenvalue weighted by Gasteiger charge is -2.19. The van der Waals surface area contributed by atoms with Gasteiger partial charge in [0.2, 0.25) is 0 Å². The van der Waals surface area contributed by atoms with E-state index in [1.165, 1.54) is 29.9 Å². The highest BCUT2D eigenvalue weighted by atomic mass is 16.5. The van der Waals surface area contributed by atoms with Gasteiger partial charge in [-0.25, -0.2) is 4.90 Å². The van der Waals surface area contributed by atoms with Crippen molar-refractivity contribution in [3.8, 4) is 11.5 Å². The molecule has 0 N–H and O–H groups in total. The van der Waals surface area contributed by atoms with Crippen LogP contribution in [-0.4, -0.2) is 11.8 Å². The van der Waals surface area contributed by atoms with Crippen LogP contribution in [0.4, 0.5) is 5.69 Å². The van der Waals surface area contributed by atoms with Gasteiger partial charge in [-0.1, -0.05) is 58.2 Å². The van der Waals surface area contributed by atoms with Crippen LogP contribution in [0, 0.1) is 0 Å². The number of carbonyl (C=O) groups excluding carboxylic acids is 2. The lowest BCUT2D eigenvalue weighted by Crippen LogP contribution is -2.29. The molecule has 3 rings (SSSR count). The average Bonchev–Trinajstić information content (AvgIpc) is 2.93. The number of benzene rings is 2. The van der Waals surface area contributed by atoms with Crippen LogP contribution in [0.2, 0.25) is 0 Å². The predicted molar refractivity (Wildman–Crippen MR) is 121 cm³/mol. The number of anilines is 1. The van der Waals surface area contributed by atoms with Crippen molar-refractivity contribution in [2.24, 2.45) is 0 Å². The lowest BCUT2D eigenvalue weighted by atomic mass is 9.87. The van der Waals surface area contributed by atoms with Crippen LogP contribution in [0.25, 0.3) is 0 Å². The summed E-state index contributed by atoms with van der Waals surface area (Å²) in [5, 5.41) is 0. The summed E-state index contributed by atoms with van der Waals surface area (Å²) in [7, 11) is 0. The van der Waals surface area contributed by atoms with E-state index in [1.807, 2.05) is 24.3 Å². The van der Waals surface area contributed by atoms with Gasteiger partial charge in [-0.05, 0) is 59.5 Å². The van der Waals surface area contributed by atoms with Crippen LogP contribution in [0.5, 0.6) is 11.5 Å². The van der Waals surface area contributed by atoms with Crippen molar-refractivity contribution in [3.63, 3.8) is 0 Å². The van der Waals surface area contributed by atoms with Crippen LogP contribution in [0.1, 0.15) is 26.3 Å². The molecule has 0 atom stereocenters. The maximum atomic E-state index is 12.8. The molecule has 1 saturated heterocycles. The molecule has 0 saturated carbocycles. The van der Waals surface area contributed by atoms with Crippen LogP contribution in [-0.2, 0) is 15.0 Å². The fourth-order valence-corrected chi connectivity index (χ4v) is 3.18. The van der Waals surface area contributed by atoms with E-state index in [9.17, 15) is 9.59 Å². The molecule has 30 heavy (non-hydrogen) atoms. The first-order valence-corrected chi connectivity index (χ1v) is 9.69. The number of allylic oxidation sites excluding steroid dienone is 4. The highest BCUT2D eigenvalue weighted by Gasteiger charge is 2.39. The molecule has 4 heteroatoms. The Morgan fingerprint density at radius 2 is 1.20 bits per heavy atom. The minimum atomic E-state index is -0.389. The Labute approximate surface area is 177 Å². The van der Waals surface area contributed by atoms with Crippen molar-refractivity contribution in [2.75, 3.05) is 4.90 Å². The Morgan fingerprint density at radius 3 is 1.60 bits per heavy atom. The van der Waals surface area contributed by atoms with Crippen molar-refractivity contribution in [1.29, 1.82) is 0 Å². The largest absolute Gasteiger partial charge is 0.457 e. The molecule has 0 unspecified atom stereocenters. The Kier molecular flexibility index (Phi) is 5.88. The van der Waals surface area contributed by atoms with E-state index in [2.05, 4.69) is 33.9 Å². The monoisotopic (exact) mass is 399 g/mol. The lowest BCUT2D eigenvalue weighted by molar-refractivity contribution is -0.119. The van der Waals surface area contributed by atoms with Crippen LogP contribution < -0.4 is 9.64 Å². The van der Waals surface area contributed by atoms with Gasteiger partial charge in [-0.2, -0.15) is 0 Å². The zero-order valence-electron chi connectivity index (χ0n) is 17.5. The molecular weight excluding hydrogens is 374 g/mol. The Bertz CT molecular complexity index is 1010. The summed E-state index contributed by atoms with van der Waals surface area (Å²) in [6.45, 7) is 13.7. The van der Waals surface area contributed by atoms with E-state index in [0.29, 0.717) is 22.6 Å². The number of amides is 2. The van der Waals surface area contributed by atoms with Crippen molar-refractivity contribution in [3.05, 3.63) is 103 Å². The van der Waals surface area contributed by atoms with Gasteiger partial charge in [0.05, 0.1) is 16.8 Å². The molecule has 0 radical (unpaired) electrons. The van der Waals surface area contributed by atoms with Crippen molar-refractivity contribution < 1.29 is 14.3 Å². The molecule has 0 spiro atoms. The third kappa shape index (κ3) is 4.18. The van der Waals surface area contributed by atoms with Gasteiger partial charge >= 0.3 is 0 Å². The predicted octanol–water partition coefficient (Wildman–Crippen LogP) is 5.87. The van der Waals surface area contributed by atoms with Gasteiger partial charge < -0.3 is 4.74 Å². The summed E-state index contributed by atoms with van der Waals surface area (Å²) < 4.78 is 5.90. The maximum absolute atomic E-state index is 12.8. The van der Waals surface area contributed by atoms with E-state index >= 15 is 0 Å². The molecule has 0 aliphatic carbocycles. The molecule has 4 nitrogen and oxygen atoms in total. The Balaban J connectivity index is 1.82. The molecule has 2 amide bonds. The van der Waals surface area contributed by atoms with E-state index in [0.717, 1.165) is 10.6 Å². The average molecular weight is 399 g/mol. The summed E-state index contributed by atoms with van der Waals surface area (Å²) in [6, 6.07) is 14.8. The van der Waals surface area contributed by atoms with E-state index in [4.69, 9.17) is 4.74 Å². The first kappa shape index (κ1) is 21.1. The molecule has 2 aromatic rings. The molecule has 2 aromatic carbocycles.